The average molecular weight is 339 g/mol. The van der Waals surface area contributed by atoms with Crippen LogP contribution in [-0.2, 0) is 16.0 Å². The van der Waals surface area contributed by atoms with Crippen molar-refractivity contribution in [2.24, 2.45) is 0 Å². The van der Waals surface area contributed by atoms with Gasteiger partial charge in [0.2, 0.25) is 11.8 Å². The Labute approximate surface area is 146 Å². The van der Waals surface area contributed by atoms with Crippen LogP contribution in [0, 0.1) is 0 Å². The number of carbonyl (C=O) groups excluding carboxylic acids is 2. The van der Waals surface area contributed by atoms with E-state index in [1.165, 1.54) is 0 Å². The fourth-order valence-corrected chi connectivity index (χ4v) is 3.62. The van der Waals surface area contributed by atoms with Crippen molar-refractivity contribution >= 4 is 11.8 Å². The molecule has 0 bridgehead atoms. The van der Waals surface area contributed by atoms with Crippen molar-refractivity contribution in [3.05, 3.63) is 48.3 Å². The first-order chi connectivity index (χ1) is 12.2. The van der Waals surface area contributed by atoms with Gasteiger partial charge in [0, 0.05) is 25.8 Å². The minimum atomic E-state index is -0.312. The van der Waals surface area contributed by atoms with Crippen molar-refractivity contribution in [1.29, 1.82) is 0 Å². The molecule has 1 aromatic heterocycles. The topological polar surface area (TPSA) is 71.3 Å². The molecular weight excluding hydrogens is 318 g/mol. The van der Waals surface area contributed by atoms with Crippen molar-refractivity contribution in [1.82, 2.24) is 24.8 Å². The first kappa shape index (κ1) is 15.8. The summed E-state index contributed by atoms with van der Waals surface area (Å²) >= 11 is 0. The van der Waals surface area contributed by atoms with Gasteiger partial charge in [0.15, 0.2) is 0 Å². The number of carbonyl (C=O) groups is 2. The minimum absolute atomic E-state index is 0.0374. The van der Waals surface area contributed by atoms with Crippen LogP contribution in [-0.4, -0.2) is 62.3 Å². The standard InChI is InChI=1S/C18H21N5O2/c24-17(11-14-5-2-1-3-6-14)22-9-4-7-16(22)18(25)21-12-15(13-21)23-10-8-19-20-23/h1-3,5-6,8,10,15-16H,4,7,9,11-13H2. The van der Waals surface area contributed by atoms with E-state index in [1.807, 2.05) is 41.4 Å². The Bertz CT molecular complexity index is 740. The molecule has 2 aliphatic heterocycles. The van der Waals surface area contributed by atoms with Gasteiger partial charge in [-0.05, 0) is 18.4 Å². The Kier molecular flexibility index (Phi) is 4.21. The zero-order valence-electron chi connectivity index (χ0n) is 14.0. The molecule has 0 spiro atoms. The van der Waals surface area contributed by atoms with Crippen LogP contribution in [0.15, 0.2) is 42.7 Å². The van der Waals surface area contributed by atoms with E-state index in [9.17, 15) is 9.59 Å². The van der Waals surface area contributed by atoms with E-state index < -0.39 is 0 Å². The third-order valence-corrected chi connectivity index (χ3v) is 5.05. The maximum atomic E-state index is 12.8. The highest BCUT2D eigenvalue weighted by atomic mass is 16.2. The molecule has 2 fully saturated rings. The molecule has 2 aliphatic rings. The fourth-order valence-electron chi connectivity index (χ4n) is 3.62. The third-order valence-electron chi connectivity index (χ3n) is 5.05. The normalized spacial score (nSPS) is 20.6. The molecule has 4 rings (SSSR count). The van der Waals surface area contributed by atoms with E-state index in [0.717, 1.165) is 18.4 Å². The van der Waals surface area contributed by atoms with Gasteiger partial charge in [-0.15, -0.1) is 5.10 Å². The quantitative estimate of drug-likeness (QED) is 0.830. The van der Waals surface area contributed by atoms with Crippen LogP contribution in [0.5, 0.6) is 0 Å². The lowest BCUT2D eigenvalue weighted by molar-refractivity contribution is -0.147. The number of aromatic nitrogens is 3. The number of rotatable bonds is 4. The van der Waals surface area contributed by atoms with E-state index in [-0.39, 0.29) is 23.9 Å². The van der Waals surface area contributed by atoms with Crippen molar-refractivity contribution in [3.63, 3.8) is 0 Å². The molecule has 7 nitrogen and oxygen atoms in total. The molecule has 0 aliphatic carbocycles. The molecule has 25 heavy (non-hydrogen) atoms. The summed E-state index contributed by atoms with van der Waals surface area (Å²) in [5.74, 6) is 0.102. The van der Waals surface area contributed by atoms with Gasteiger partial charge < -0.3 is 9.80 Å². The summed E-state index contributed by atoms with van der Waals surface area (Å²) in [6.45, 7) is 1.95. The lowest BCUT2D eigenvalue weighted by Gasteiger charge is -2.41. The van der Waals surface area contributed by atoms with Crippen LogP contribution in [0.3, 0.4) is 0 Å². The number of benzene rings is 1. The minimum Gasteiger partial charge on any atom is -0.336 e. The Balaban J connectivity index is 1.36. The van der Waals surface area contributed by atoms with Gasteiger partial charge in [0.25, 0.3) is 0 Å². The highest BCUT2D eigenvalue weighted by Crippen LogP contribution is 2.26. The maximum absolute atomic E-state index is 12.8. The zero-order valence-corrected chi connectivity index (χ0v) is 14.0. The Morgan fingerprint density at radius 2 is 1.96 bits per heavy atom. The maximum Gasteiger partial charge on any atom is 0.245 e. The van der Waals surface area contributed by atoms with Crippen LogP contribution in [0.4, 0.5) is 0 Å². The van der Waals surface area contributed by atoms with Crippen molar-refractivity contribution in [2.75, 3.05) is 19.6 Å². The summed E-state index contributed by atoms with van der Waals surface area (Å²) in [6, 6.07) is 9.57. The average Bonchev–Trinajstić information content (AvgIpc) is 3.26. The number of nitrogens with zero attached hydrogens (tertiary/aromatic N) is 5. The second-order valence-electron chi connectivity index (χ2n) is 6.69. The predicted molar refractivity (Wildman–Crippen MR) is 90.5 cm³/mol. The van der Waals surface area contributed by atoms with Gasteiger partial charge in [-0.1, -0.05) is 35.5 Å². The second-order valence-corrected chi connectivity index (χ2v) is 6.69. The predicted octanol–water partition coefficient (Wildman–Crippen LogP) is 0.895. The molecule has 0 saturated carbocycles. The molecule has 2 amide bonds. The molecule has 3 heterocycles. The Morgan fingerprint density at radius 1 is 1.16 bits per heavy atom. The SMILES string of the molecule is O=C(C1CCCN1C(=O)Cc1ccccc1)N1CC(n2ccnn2)C1. The lowest BCUT2D eigenvalue weighted by atomic mass is 10.1. The van der Waals surface area contributed by atoms with Gasteiger partial charge in [-0.25, -0.2) is 4.68 Å². The largest absolute Gasteiger partial charge is 0.336 e. The molecule has 0 N–H and O–H groups in total. The summed E-state index contributed by atoms with van der Waals surface area (Å²) in [6.07, 6.45) is 5.45. The summed E-state index contributed by atoms with van der Waals surface area (Å²) in [5, 5.41) is 7.79. The lowest BCUT2D eigenvalue weighted by Crippen LogP contribution is -2.57. The molecule has 2 aromatic rings. The monoisotopic (exact) mass is 339 g/mol. The summed E-state index contributed by atoms with van der Waals surface area (Å²) in [7, 11) is 0. The second kappa shape index (κ2) is 6.66. The van der Waals surface area contributed by atoms with Crippen LogP contribution in [0.2, 0.25) is 0 Å². The van der Waals surface area contributed by atoms with Crippen molar-refractivity contribution in [2.45, 2.75) is 31.3 Å². The van der Waals surface area contributed by atoms with Crippen LogP contribution in [0.25, 0.3) is 0 Å². The Morgan fingerprint density at radius 3 is 2.68 bits per heavy atom. The van der Waals surface area contributed by atoms with Crippen LogP contribution >= 0.6 is 0 Å². The summed E-state index contributed by atoms with van der Waals surface area (Å²) < 4.78 is 1.79. The molecule has 2 saturated heterocycles. The Hall–Kier alpha value is -2.70. The number of likely N-dealkylation sites (tertiary alicyclic amines) is 2. The summed E-state index contributed by atoms with van der Waals surface area (Å²) in [4.78, 5) is 29.0. The highest BCUT2D eigenvalue weighted by Gasteiger charge is 2.41. The van der Waals surface area contributed by atoms with Gasteiger partial charge in [0.05, 0.1) is 18.7 Å². The van der Waals surface area contributed by atoms with E-state index >= 15 is 0 Å². The number of hydrogen-bond donors (Lipinski definition) is 0. The number of amides is 2. The first-order valence-corrected chi connectivity index (χ1v) is 8.70. The fraction of sp³-hybridized carbons (Fsp3) is 0.444. The molecule has 0 radical (unpaired) electrons. The molecule has 1 aromatic carbocycles. The zero-order chi connectivity index (χ0) is 17.2. The van der Waals surface area contributed by atoms with Crippen LogP contribution in [0.1, 0.15) is 24.4 Å². The molecular formula is C18H21N5O2. The molecule has 1 atom stereocenters. The van der Waals surface area contributed by atoms with E-state index in [4.69, 9.17) is 0 Å². The summed E-state index contributed by atoms with van der Waals surface area (Å²) in [5.41, 5.74) is 0.987. The van der Waals surface area contributed by atoms with Gasteiger partial charge in [0.1, 0.15) is 6.04 Å². The van der Waals surface area contributed by atoms with Gasteiger partial charge >= 0.3 is 0 Å². The van der Waals surface area contributed by atoms with E-state index in [2.05, 4.69) is 10.3 Å². The first-order valence-electron chi connectivity index (χ1n) is 8.70. The van der Waals surface area contributed by atoms with Crippen molar-refractivity contribution in [3.8, 4) is 0 Å². The molecule has 7 heteroatoms. The smallest absolute Gasteiger partial charge is 0.245 e. The van der Waals surface area contributed by atoms with Gasteiger partial charge in [-0.2, -0.15) is 0 Å². The molecule has 130 valence electrons. The highest BCUT2D eigenvalue weighted by molar-refractivity contribution is 5.89. The number of hydrogen-bond acceptors (Lipinski definition) is 4. The third kappa shape index (κ3) is 3.14. The van der Waals surface area contributed by atoms with E-state index in [1.54, 1.807) is 15.8 Å². The molecule has 1 unspecified atom stereocenters. The van der Waals surface area contributed by atoms with E-state index in [0.29, 0.717) is 26.1 Å². The van der Waals surface area contributed by atoms with Crippen LogP contribution < -0.4 is 0 Å². The van der Waals surface area contributed by atoms with Gasteiger partial charge in [-0.3, -0.25) is 9.59 Å². The van der Waals surface area contributed by atoms with Crippen molar-refractivity contribution < 1.29 is 9.59 Å².